The zero-order chi connectivity index (χ0) is 14.7. The molecule has 3 N–H and O–H groups in total. The van der Waals surface area contributed by atoms with E-state index in [1.807, 2.05) is 0 Å². The lowest BCUT2D eigenvalue weighted by Crippen LogP contribution is -2.33. The van der Waals surface area contributed by atoms with E-state index in [0.29, 0.717) is 23.2 Å². The topological polar surface area (TPSA) is 84.2 Å². The number of aromatic nitrogens is 2. The van der Waals surface area contributed by atoms with Crippen molar-refractivity contribution in [3.8, 4) is 6.01 Å². The number of nitrogen functional groups attached to an aromatic ring is 1. The first-order chi connectivity index (χ1) is 10.2. The molecule has 0 saturated carbocycles. The van der Waals surface area contributed by atoms with Gasteiger partial charge in [0.2, 0.25) is 0 Å². The summed E-state index contributed by atoms with van der Waals surface area (Å²) in [7, 11) is 0. The number of benzene rings is 1. The average Bonchev–Trinajstić information content (AvgIpc) is 2.49. The molecule has 6 nitrogen and oxygen atoms in total. The fourth-order valence-corrected chi connectivity index (χ4v) is 2.66. The fourth-order valence-electron chi connectivity index (χ4n) is 2.66. The first-order valence-corrected chi connectivity index (χ1v) is 7.37. The summed E-state index contributed by atoms with van der Waals surface area (Å²) in [5, 5.41) is 0.485. The van der Waals surface area contributed by atoms with E-state index in [4.69, 9.17) is 10.5 Å². The summed E-state index contributed by atoms with van der Waals surface area (Å²) < 4.78 is 5.59. The summed E-state index contributed by atoms with van der Waals surface area (Å²) in [6.07, 6.45) is 3.83. The Morgan fingerprint density at radius 2 is 2.10 bits per heavy atom. The van der Waals surface area contributed by atoms with Gasteiger partial charge in [-0.3, -0.25) is 14.7 Å². The maximum atomic E-state index is 12.0. The average molecular weight is 288 g/mol. The lowest BCUT2D eigenvalue weighted by atomic mass is 10.1. The number of anilines is 1. The summed E-state index contributed by atoms with van der Waals surface area (Å²) in [6, 6.07) is 5.36. The Hall–Kier alpha value is -2.08. The van der Waals surface area contributed by atoms with Crippen molar-refractivity contribution in [1.82, 2.24) is 14.9 Å². The minimum absolute atomic E-state index is 0.222. The molecule has 1 aromatic carbocycles. The Morgan fingerprint density at radius 1 is 1.29 bits per heavy atom. The molecule has 2 heterocycles. The van der Waals surface area contributed by atoms with Gasteiger partial charge in [0, 0.05) is 12.2 Å². The number of likely N-dealkylation sites (tertiary alicyclic amines) is 1. The molecular formula is C15H20N4O2. The van der Waals surface area contributed by atoms with Crippen LogP contribution in [0.5, 0.6) is 6.01 Å². The fraction of sp³-hybridized carbons (Fsp3) is 0.467. The summed E-state index contributed by atoms with van der Waals surface area (Å²) in [5.74, 6) is 0. The molecule has 0 spiro atoms. The molecule has 0 radical (unpaired) electrons. The number of piperidine rings is 1. The molecule has 0 bridgehead atoms. The molecule has 112 valence electrons. The molecule has 1 aromatic heterocycles. The van der Waals surface area contributed by atoms with Crippen molar-refractivity contribution in [2.45, 2.75) is 19.3 Å². The summed E-state index contributed by atoms with van der Waals surface area (Å²) >= 11 is 0. The van der Waals surface area contributed by atoms with Gasteiger partial charge in [0.05, 0.1) is 10.9 Å². The number of nitrogens with one attached hydrogen (secondary N) is 1. The van der Waals surface area contributed by atoms with Gasteiger partial charge >= 0.3 is 0 Å². The molecule has 0 unspecified atom stereocenters. The highest BCUT2D eigenvalue weighted by Gasteiger charge is 2.10. The lowest BCUT2D eigenvalue weighted by molar-refractivity contribution is 0.177. The number of hydrogen-bond donors (Lipinski definition) is 2. The standard InChI is InChI=1S/C15H20N4O2/c16-11-4-5-13-12(10-11)14(20)18-15(17-13)21-9-8-19-6-2-1-3-7-19/h4-5,10H,1-3,6-9,16H2,(H,17,18,20). The quantitative estimate of drug-likeness (QED) is 0.830. The highest BCUT2D eigenvalue weighted by Crippen LogP contribution is 2.14. The molecule has 6 heteroatoms. The van der Waals surface area contributed by atoms with E-state index in [2.05, 4.69) is 14.9 Å². The number of ether oxygens (including phenoxy) is 1. The highest BCUT2D eigenvalue weighted by atomic mass is 16.5. The van der Waals surface area contributed by atoms with Gasteiger partial charge in [0.1, 0.15) is 6.61 Å². The molecule has 1 aliphatic rings. The number of hydrogen-bond acceptors (Lipinski definition) is 5. The van der Waals surface area contributed by atoms with Crippen molar-refractivity contribution in [1.29, 1.82) is 0 Å². The number of H-pyrrole nitrogens is 1. The van der Waals surface area contributed by atoms with Crippen molar-refractivity contribution in [2.24, 2.45) is 0 Å². The molecule has 1 fully saturated rings. The molecule has 0 atom stereocenters. The Labute approximate surface area is 122 Å². The van der Waals surface area contributed by atoms with Crippen LogP contribution < -0.4 is 16.0 Å². The van der Waals surface area contributed by atoms with E-state index < -0.39 is 0 Å². The Bertz CT molecular complexity index is 677. The van der Waals surface area contributed by atoms with Gasteiger partial charge in [-0.1, -0.05) is 6.42 Å². The van der Waals surface area contributed by atoms with Crippen LogP contribution in [0, 0.1) is 0 Å². The van der Waals surface area contributed by atoms with Crippen LogP contribution in [0.3, 0.4) is 0 Å². The zero-order valence-electron chi connectivity index (χ0n) is 12.0. The minimum atomic E-state index is -0.222. The van der Waals surface area contributed by atoms with Crippen LogP contribution >= 0.6 is 0 Å². The number of nitrogens with zero attached hydrogens (tertiary/aromatic N) is 2. The van der Waals surface area contributed by atoms with Crippen LogP contribution in [0.15, 0.2) is 23.0 Å². The van der Waals surface area contributed by atoms with Crippen molar-refractivity contribution in [3.05, 3.63) is 28.6 Å². The summed E-state index contributed by atoms with van der Waals surface area (Å²) in [4.78, 5) is 21.3. The maximum absolute atomic E-state index is 12.0. The highest BCUT2D eigenvalue weighted by molar-refractivity contribution is 5.81. The Balaban J connectivity index is 1.67. The number of rotatable bonds is 4. The molecule has 21 heavy (non-hydrogen) atoms. The van der Waals surface area contributed by atoms with Crippen LogP contribution in [0.2, 0.25) is 0 Å². The second-order valence-electron chi connectivity index (χ2n) is 5.40. The maximum Gasteiger partial charge on any atom is 0.297 e. The van der Waals surface area contributed by atoms with Crippen molar-refractivity contribution >= 4 is 16.6 Å². The second-order valence-corrected chi connectivity index (χ2v) is 5.40. The van der Waals surface area contributed by atoms with E-state index in [1.165, 1.54) is 19.3 Å². The monoisotopic (exact) mass is 288 g/mol. The number of aromatic amines is 1. The number of nitrogens with two attached hydrogens (primary N) is 1. The van der Waals surface area contributed by atoms with E-state index in [-0.39, 0.29) is 11.6 Å². The predicted octanol–water partition coefficient (Wildman–Crippen LogP) is 1.37. The molecule has 2 aromatic rings. The van der Waals surface area contributed by atoms with Crippen molar-refractivity contribution in [2.75, 3.05) is 32.0 Å². The van der Waals surface area contributed by atoms with Crippen LogP contribution in [0.25, 0.3) is 10.9 Å². The molecule has 1 aliphatic heterocycles. The lowest BCUT2D eigenvalue weighted by Gasteiger charge is -2.25. The van der Waals surface area contributed by atoms with Crippen molar-refractivity contribution in [3.63, 3.8) is 0 Å². The zero-order valence-corrected chi connectivity index (χ0v) is 12.0. The van der Waals surface area contributed by atoms with Gasteiger partial charge in [0.25, 0.3) is 11.6 Å². The van der Waals surface area contributed by atoms with Gasteiger partial charge < -0.3 is 10.5 Å². The van der Waals surface area contributed by atoms with Gasteiger partial charge in [-0.15, -0.1) is 0 Å². The minimum Gasteiger partial charge on any atom is -0.463 e. The van der Waals surface area contributed by atoms with Crippen LogP contribution in [0.1, 0.15) is 19.3 Å². The SMILES string of the molecule is Nc1ccc2nc(OCCN3CCCCC3)[nH]c(=O)c2c1. The van der Waals surface area contributed by atoms with E-state index >= 15 is 0 Å². The molecule has 3 rings (SSSR count). The third-order valence-corrected chi connectivity index (χ3v) is 3.80. The van der Waals surface area contributed by atoms with Gasteiger partial charge in [0.15, 0.2) is 0 Å². The Morgan fingerprint density at radius 3 is 2.90 bits per heavy atom. The molecule has 0 amide bonds. The predicted molar refractivity (Wildman–Crippen MR) is 82.6 cm³/mol. The summed E-state index contributed by atoms with van der Waals surface area (Å²) in [6.45, 7) is 3.65. The second kappa shape index (κ2) is 6.13. The van der Waals surface area contributed by atoms with Crippen LogP contribution in [-0.4, -0.2) is 41.1 Å². The van der Waals surface area contributed by atoms with Gasteiger partial charge in [-0.05, 0) is 44.1 Å². The van der Waals surface area contributed by atoms with E-state index in [9.17, 15) is 4.79 Å². The molecular weight excluding hydrogens is 268 g/mol. The molecule has 0 aliphatic carbocycles. The van der Waals surface area contributed by atoms with Crippen molar-refractivity contribution < 1.29 is 4.74 Å². The number of fused-ring (bicyclic) bond motifs is 1. The van der Waals surface area contributed by atoms with Gasteiger partial charge in [-0.25, -0.2) is 0 Å². The Kier molecular flexibility index (Phi) is 4.06. The van der Waals surface area contributed by atoms with Gasteiger partial charge in [-0.2, -0.15) is 4.98 Å². The summed E-state index contributed by atoms with van der Waals surface area (Å²) in [5.41, 5.74) is 6.60. The third kappa shape index (κ3) is 3.33. The van der Waals surface area contributed by atoms with Crippen LogP contribution in [0.4, 0.5) is 5.69 Å². The normalized spacial score (nSPS) is 16.2. The van der Waals surface area contributed by atoms with E-state index in [0.717, 1.165) is 19.6 Å². The first-order valence-electron chi connectivity index (χ1n) is 7.37. The van der Waals surface area contributed by atoms with Crippen LogP contribution in [-0.2, 0) is 0 Å². The largest absolute Gasteiger partial charge is 0.463 e. The van der Waals surface area contributed by atoms with E-state index in [1.54, 1.807) is 18.2 Å². The third-order valence-electron chi connectivity index (χ3n) is 3.80. The molecule has 1 saturated heterocycles. The first kappa shape index (κ1) is 13.9. The smallest absolute Gasteiger partial charge is 0.297 e.